The van der Waals surface area contributed by atoms with E-state index >= 15 is 0 Å². The second-order valence-electron chi connectivity index (χ2n) is 6.37. The number of aliphatic hydroxyl groups excluding tert-OH is 3. The third-order valence-electron chi connectivity index (χ3n) is 4.48. The minimum absolute atomic E-state index is 0.216. The minimum Gasteiger partial charge on any atom is -0.395 e. The molecule has 4 N–H and O–H groups in total. The predicted molar refractivity (Wildman–Crippen MR) is 80.0 cm³/mol. The van der Waals surface area contributed by atoms with Crippen molar-refractivity contribution in [3.63, 3.8) is 0 Å². The first kappa shape index (κ1) is 19.6. The summed E-state index contributed by atoms with van der Waals surface area (Å²) in [7, 11) is 0. The predicted octanol–water partition coefficient (Wildman–Crippen LogP) is 0.419. The molecule has 1 unspecified atom stereocenters. The molecule has 1 aliphatic heterocycles. The smallest absolute Gasteiger partial charge is 0.395 e. The molecule has 0 aliphatic carbocycles. The van der Waals surface area contributed by atoms with Gasteiger partial charge in [0.25, 0.3) is 0 Å². The first-order valence-corrected chi connectivity index (χ1v) is 7.55. The number of likely N-dealkylation sites (tertiary alicyclic amines) is 1. The zero-order chi connectivity index (χ0) is 19.0. The first-order chi connectivity index (χ1) is 11.5. The summed E-state index contributed by atoms with van der Waals surface area (Å²) in [5.41, 5.74) is -2.41. The summed E-state index contributed by atoms with van der Waals surface area (Å²) in [6.45, 7) is 0.408. The molecule has 6 nitrogen and oxygen atoms in total. The molecule has 1 aromatic rings. The van der Waals surface area contributed by atoms with Crippen LogP contribution in [0.25, 0.3) is 0 Å². The highest BCUT2D eigenvalue weighted by Gasteiger charge is 2.50. The van der Waals surface area contributed by atoms with E-state index in [1.165, 1.54) is 11.8 Å². The van der Waals surface area contributed by atoms with Crippen molar-refractivity contribution in [3.8, 4) is 6.07 Å². The lowest BCUT2D eigenvalue weighted by Gasteiger charge is -2.49. The zero-order valence-electron chi connectivity index (χ0n) is 13.4. The Hall–Kier alpha value is -1.70. The van der Waals surface area contributed by atoms with Gasteiger partial charge in [-0.25, -0.2) is 0 Å². The lowest BCUT2D eigenvalue weighted by molar-refractivity contribution is -0.193. The van der Waals surface area contributed by atoms with Gasteiger partial charge in [0, 0.05) is 6.54 Å². The van der Waals surface area contributed by atoms with Crippen molar-refractivity contribution in [1.29, 1.82) is 5.26 Å². The van der Waals surface area contributed by atoms with Gasteiger partial charge in [0.15, 0.2) is 0 Å². The summed E-state index contributed by atoms with van der Waals surface area (Å²) in [6.07, 6.45) is -7.57. The molecule has 25 heavy (non-hydrogen) atoms. The lowest BCUT2D eigenvalue weighted by Crippen LogP contribution is -2.67. The number of hydrogen-bond acceptors (Lipinski definition) is 6. The van der Waals surface area contributed by atoms with Crippen molar-refractivity contribution in [3.05, 3.63) is 35.4 Å². The fourth-order valence-corrected chi connectivity index (χ4v) is 3.05. The third kappa shape index (κ3) is 3.78. The highest BCUT2D eigenvalue weighted by molar-refractivity contribution is 5.30. The van der Waals surface area contributed by atoms with Crippen LogP contribution in [0.1, 0.15) is 24.1 Å². The summed E-state index contributed by atoms with van der Waals surface area (Å²) >= 11 is 0. The fourth-order valence-electron chi connectivity index (χ4n) is 3.05. The van der Waals surface area contributed by atoms with Crippen molar-refractivity contribution < 1.29 is 33.6 Å². The van der Waals surface area contributed by atoms with Crippen molar-refractivity contribution >= 4 is 0 Å². The Balaban J connectivity index is 2.37. The molecule has 0 saturated carbocycles. The number of β-amino-alcohol motifs (C(OH)–C–C–N with tert-alkyl or cyclic N) is 1. The minimum atomic E-state index is -4.51. The van der Waals surface area contributed by atoms with Gasteiger partial charge in [-0.15, -0.1) is 0 Å². The molecule has 0 bridgehead atoms. The molecular weight excluding hydrogens is 341 g/mol. The van der Waals surface area contributed by atoms with Crippen LogP contribution in [-0.4, -0.2) is 62.3 Å². The topological polar surface area (TPSA) is 108 Å². The number of piperidine rings is 1. The number of nitrogens with zero attached hydrogens (tertiary/aromatic N) is 2. The molecule has 1 saturated heterocycles. The van der Waals surface area contributed by atoms with Crippen molar-refractivity contribution in [2.24, 2.45) is 0 Å². The molecule has 138 valence electrons. The molecule has 1 aromatic carbocycles. The van der Waals surface area contributed by atoms with Crippen molar-refractivity contribution in [2.75, 3.05) is 13.2 Å². The maximum atomic E-state index is 12.7. The van der Waals surface area contributed by atoms with E-state index in [-0.39, 0.29) is 12.1 Å². The van der Waals surface area contributed by atoms with E-state index in [1.54, 1.807) is 0 Å². The van der Waals surface area contributed by atoms with Crippen LogP contribution in [0.5, 0.6) is 0 Å². The Labute approximate surface area is 142 Å². The molecule has 0 amide bonds. The van der Waals surface area contributed by atoms with Gasteiger partial charge in [0.2, 0.25) is 0 Å². The van der Waals surface area contributed by atoms with E-state index in [9.17, 15) is 38.9 Å². The fraction of sp³-hybridized carbons (Fsp3) is 0.562. The monoisotopic (exact) mass is 360 g/mol. The normalized spacial score (nSPS) is 32.2. The van der Waals surface area contributed by atoms with Gasteiger partial charge in [-0.1, -0.05) is 12.1 Å². The van der Waals surface area contributed by atoms with E-state index in [0.717, 1.165) is 24.3 Å². The highest BCUT2D eigenvalue weighted by Crippen LogP contribution is 2.35. The molecule has 1 aliphatic rings. The Kier molecular flexibility index (Phi) is 5.41. The molecule has 1 heterocycles. The number of alkyl halides is 3. The maximum Gasteiger partial charge on any atom is 0.416 e. The van der Waals surface area contributed by atoms with Crippen LogP contribution in [-0.2, 0) is 6.18 Å². The van der Waals surface area contributed by atoms with E-state index in [0.29, 0.717) is 0 Å². The van der Waals surface area contributed by atoms with Gasteiger partial charge < -0.3 is 20.4 Å². The van der Waals surface area contributed by atoms with Crippen LogP contribution in [0.3, 0.4) is 0 Å². The van der Waals surface area contributed by atoms with Crippen LogP contribution in [0.4, 0.5) is 13.2 Å². The summed E-state index contributed by atoms with van der Waals surface area (Å²) in [6, 6.07) is 3.68. The molecule has 2 rings (SSSR count). The Morgan fingerprint density at radius 1 is 1.32 bits per heavy atom. The largest absolute Gasteiger partial charge is 0.416 e. The number of hydrogen-bond donors (Lipinski definition) is 4. The Morgan fingerprint density at radius 2 is 1.88 bits per heavy atom. The summed E-state index contributed by atoms with van der Waals surface area (Å²) < 4.78 is 38.0. The average Bonchev–Trinajstić information content (AvgIpc) is 2.53. The second kappa shape index (κ2) is 6.90. The Bertz CT molecular complexity index is 642. The summed E-state index contributed by atoms with van der Waals surface area (Å²) in [5, 5.41) is 49.3. The SMILES string of the molecule is C[C@@]1(O)CN(C(C#N)c2ccc(C(F)(F)F)cc2)[C@H](CO)[C@@H](O)[C@@H]1O. The van der Waals surface area contributed by atoms with E-state index < -0.39 is 48.2 Å². The van der Waals surface area contributed by atoms with Gasteiger partial charge in [-0.3, -0.25) is 4.90 Å². The van der Waals surface area contributed by atoms with Crippen LogP contribution in [0.15, 0.2) is 24.3 Å². The standard InChI is InChI=1S/C16H19F3N2O4/c1-15(25)8-21(12(7-22)13(23)14(15)24)11(6-20)9-2-4-10(5-3-9)16(17,18)19/h2-5,11-14,22-25H,7-8H2,1H3/t11?,12-,13-,14+,15-/m1/s1. The van der Waals surface area contributed by atoms with Crippen LogP contribution < -0.4 is 0 Å². The van der Waals surface area contributed by atoms with Gasteiger partial charge in [-0.05, 0) is 24.6 Å². The van der Waals surface area contributed by atoms with Gasteiger partial charge in [0.05, 0.1) is 24.3 Å². The number of rotatable bonds is 3. The molecule has 9 heteroatoms. The zero-order valence-corrected chi connectivity index (χ0v) is 13.4. The van der Waals surface area contributed by atoms with Gasteiger partial charge >= 0.3 is 6.18 Å². The van der Waals surface area contributed by atoms with Crippen LogP contribution >= 0.6 is 0 Å². The van der Waals surface area contributed by atoms with Crippen LogP contribution in [0, 0.1) is 11.3 Å². The van der Waals surface area contributed by atoms with E-state index in [2.05, 4.69) is 0 Å². The Morgan fingerprint density at radius 3 is 2.32 bits per heavy atom. The third-order valence-corrected chi connectivity index (χ3v) is 4.48. The number of halogens is 3. The number of aliphatic hydroxyl groups is 4. The molecule has 0 spiro atoms. The number of nitriles is 1. The van der Waals surface area contributed by atoms with E-state index in [4.69, 9.17) is 0 Å². The molecule has 5 atom stereocenters. The maximum absolute atomic E-state index is 12.7. The highest BCUT2D eigenvalue weighted by atomic mass is 19.4. The molecule has 0 aromatic heterocycles. The van der Waals surface area contributed by atoms with Gasteiger partial charge in [-0.2, -0.15) is 18.4 Å². The second-order valence-corrected chi connectivity index (χ2v) is 6.37. The molecular formula is C16H19F3N2O4. The summed E-state index contributed by atoms with van der Waals surface area (Å²) in [5.74, 6) is 0. The number of benzene rings is 1. The van der Waals surface area contributed by atoms with E-state index in [1.807, 2.05) is 6.07 Å². The van der Waals surface area contributed by atoms with Gasteiger partial charge in [0.1, 0.15) is 23.9 Å². The summed E-state index contributed by atoms with van der Waals surface area (Å²) in [4.78, 5) is 1.28. The quantitative estimate of drug-likeness (QED) is 0.622. The molecule has 0 radical (unpaired) electrons. The van der Waals surface area contributed by atoms with Crippen molar-refractivity contribution in [1.82, 2.24) is 4.90 Å². The van der Waals surface area contributed by atoms with Crippen molar-refractivity contribution in [2.45, 2.75) is 43.0 Å². The average molecular weight is 360 g/mol. The van der Waals surface area contributed by atoms with Crippen LogP contribution in [0.2, 0.25) is 0 Å². The lowest BCUT2D eigenvalue weighted by atomic mass is 9.83. The molecule has 1 fully saturated rings. The first-order valence-electron chi connectivity index (χ1n) is 7.55.